The van der Waals surface area contributed by atoms with E-state index in [9.17, 15) is 9.18 Å². The number of nitrogens with zero attached hydrogens (tertiary/aromatic N) is 1. The van der Waals surface area contributed by atoms with Crippen LogP contribution in [0, 0.1) is 5.82 Å². The maximum absolute atomic E-state index is 12.9. The summed E-state index contributed by atoms with van der Waals surface area (Å²) in [6.07, 6.45) is 0.266. The quantitative estimate of drug-likeness (QED) is 0.880. The van der Waals surface area contributed by atoms with Gasteiger partial charge < -0.3 is 14.7 Å². The third-order valence-corrected chi connectivity index (χ3v) is 3.60. The summed E-state index contributed by atoms with van der Waals surface area (Å²) in [6, 6.07) is 6.21. The van der Waals surface area contributed by atoms with Crippen LogP contribution < -0.4 is 0 Å². The summed E-state index contributed by atoms with van der Waals surface area (Å²) in [4.78, 5) is 12.2. The van der Waals surface area contributed by atoms with E-state index in [4.69, 9.17) is 9.84 Å². The van der Waals surface area contributed by atoms with E-state index in [1.165, 1.54) is 17.0 Å². The number of carboxylic acid groups (broad SMARTS) is 1. The zero-order valence-corrected chi connectivity index (χ0v) is 10.2. The normalized spacial score (nSPS) is 18.7. The largest absolute Gasteiger partial charge is 0.465 e. The summed E-state index contributed by atoms with van der Waals surface area (Å²) >= 11 is 0. The number of amides is 1. The van der Waals surface area contributed by atoms with Gasteiger partial charge in [0.15, 0.2) is 0 Å². The molecule has 1 aromatic rings. The standard InChI is InChI=1S/C13H16FNO3/c1-18-13(10-2-4-11(14)5-3-10)6-8-15(9-7-13)12(16)17/h2-5H,6-9H2,1H3,(H,16,17). The highest BCUT2D eigenvalue weighted by Gasteiger charge is 2.37. The first-order chi connectivity index (χ1) is 8.57. The van der Waals surface area contributed by atoms with Crippen molar-refractivity contribution in [2.75, 3.05) is 20.2 Å². The second-order valence-electron chi connectivity index (χ2n) is 4.47. The minimum atomic E-state index is -0.904. The molecule has 1 amide bonds. The lowest BCUT2D eigenvalue weighted by Crippen LogP contribution is -2.45. The Kier molecular flexibility index (Phi) is 3.52. The number of methoxy groups -OCH3 is 1. The minimum Gasteiger partial charge on any atom is -0.465 e. The van der Waals surface area contributed by atoms with Crippen LogP contribution in [0.5, 0.6) is 0 Å². The van der Waals surface area contributed by atoms with Gasteiger partial charge in [0.1, 0.15) is 5.82 Å². The Labute approximate surface area is 105 Å². The Bertz CT molecular complexity index is 424. The van der Waals surface area contributed by atoms with Gasteiger partial charge in [-0.05, 0) is 30.5 Å². The van der Waals surface area contributed by atoms with Crippen LogP contribution >= 0.6 is 0 Å². The highest BCUT2D eigenvalue weighted by atomic mass is 19.1. The number of piperidine rings is 1. The van der Waals surface area contributed by atoms with E-state index < -0.39 is 11.7 Å². The maximum atomic E-state index is 12.9. The van der Waals surface area contributed by atoms with Crippen molar-refractivity contribution in [3.63, 3.8) is 0 Å². The molecule has 0 bridgehead atoms. The van der Waals surface area contributed by atoms with Crippen molar-refractivity contribution in [2.45, 2.75) is 18.4 Å². The summed E-state index contributed by atoms with van der Waals surface area (Å²) in [5, 5.41) is 8.92. The van der Waals surface area contributed by atoms with Gasteiger partial charge in [0.25, 0.3) is 0 Å². The molecule has 0 aliphatic carbocycles. The van der Waals surface area contributed by atoms with Crippen molar-refractivity contribution in [1.82, 2.24) is 4.90 Å². The Balaban J connectivity index is 2.18. The zero-order chi connectivity index (χ0) is 13.2. The zero-order valence-electron chi connectivity index (χ0n) is 10.2. The number of carbonyl (C=O) groups is 1. The van der Waals surface area contributed by atoms with Gasteiger partial charge in [-0.25, -0.2) is 9.18 Å². The molecule has 2 rings (SSSR count). The van der Waals surface area contributed by atoms with Crippen LogP contribution in [-0.4, -0.2) is 36.3 Å². The molecular weight excluding hydrogens is 237 g/mol. The van der Waals surface area contributed by atoms with E-state index in [1.54, 1.807) is 19.2 Å². The third kappa shape index (κ3) is 2.31. The number of ether oxygens (including phenoxy) is 1. The number of likely N-dealkylation sites (tertiary alicyclic amines) is 1. The van der Waals surface area contributed by atoms with Gasteiger partial charge in [-0.15, -0.1) is 0 Å². The maximum Gasteiger partial charge on any atom is 0.407 e. The Morgan fingerprint density at radius 1 is 1.33 bits per heavy atom. The summed E-state index contributed by atoms with van der Waals surface area (Å²) in [6.45, 7) is 0.862. The van der Waals surface area contributed by atoms with Crippen LogP contribution in [0.3, 0.4) is 0 Å². The minimum absolute atomic E-state index is 0.284. The van der Waals surface area contributed by atoms with E-state index in [0.29, 0.717) is 25.9 Å². The molecule has 1 aliphatic heterocycles. The van der Waals surface area contributed by atoms with Crippen molar-refractivity contribution in [2.24, 2.45) is 0 Å². The van der Waals surface area contributed by atoms with Gasteiger partial charge in [0.2, 0.25) is 0 Å². The molecule has 1 saturated heterocycles. The molecule has 0 unspecified atom stereocenters. The van der Waals surface area contributed by atoms with Crippen LogP contribution in [0.1, 0.15) is 18.4 Å². The molecule has 98 valence electrons. The number of benzene rings is 1. The van der Waals surface area contributed by atoms with Gasteiger partial charge in [0.05, 0.1) is 5.60 Å². The fourth-order valence-electron chi connectivity index (χ4n) is 2.42. The highest BCUT2D eigenvalue weighted by Crippen LogP contribution is 2.36. The van der Waals surface area contributed by atoms with E-state index in [2.05, 4.69) is 0 Å². The van der Waals surface area contributed by atoms with Crippen molar-refractivity contribution in [3.8, 4) is 0 Å². The van der Waals surface area contributed by atoms with E-state index in [0.717, 1.165) is 5.56 Å². The van der Waals surface area contributed by atoms with Gasteiger partial charge in [0, 0.05) is 20.2 Å². The topological polar surface area (TPSA) is 49.8 Å². The molecule has 18 heavy (non-hydrogen) atoms. The average Bonchev–Trinajstić information content (AvgIpc) is 2.39. The van der Waals surface area contributed by atoms with Crippen LogP contribution in [0.25, 0.3) is 0 Å². The molecule has 1 aromatic carbocycles. The van der Waals surface area contributed by atoms with E-state index in [1.807, 2.05) is 0 Å². The van der Waals surface area contributed by atoms with Gasteiger partial charge >= 0.3 is 6.09 Å². The van der Waals surface area contributed by atoms with Crippen LogP contribution in [0.2, 0.25) is 0 Å². The second-order valence-corrected chi connectivity index (χ2v) is 4.47. The first-order valence-corrected chi connectivity index (χ1v) is 5.86. The molecule has 0 radical (unpaired) electrons. The van der Waals surface area contributed by atoms with Crippen LogP contribution in [0.4, 0.5) is 9.18 Å². The number of hydrogen-bond donors (Lipinski definition) is 1. The first kappa shape index (κ1) is 12.8. The van der Waals surface area contributed by atoms with Crippen molar-refractivity contribution in [3.05, 3.63) is 35.6 Å². The number of rotatable bonds is 2. The molecule has 0 saturated carbocycles. The molecular formula is C13H16FNO3. The summed E-state index contributed by atoms with van der Waals surface area (Å²) in [7, 11) is 1.61. The summed E-state index contributed by atoms with van der Waals surface area (Å²) < 4.78 is 18.5. The monoisotopic (exact) mass is 253 g/mol. The summed E-state index contributed by atoms with van der Waals surface area (Å²) in [5.41, 5.74) is 0.399. The Hall–Kier alpha value is -1.62. The molecule has 0 aromatic heterocycles. The highest BCUT2D eigenvalue weighted by molar-refractivity contribution is 5.65. The smallest absolute Gasteiger partial charge is 0.407 e. The van der Waals surface area contributed by atoms with Crippen LogP contribution in [0.15, 0.2) is 24.3 Å². The fourth-order valence-corrected chi connectivity index (χ4v) is 2.42. The number of hydrogen-bond acceptors (Lipinski definition) is 2. The number of halogens is 1. The lowest BCUT2D eigenvalue weighted by atomic mass is 9.84. The first-order valence-electron chi connectivity index (χ1n) is 5.86. The predicted octanol–water partition coefficient (Wildman–Crippen LogP) is 2.44. The van der Waals surface area contributed by atoms with E-state index in [-0.39, 0.29) is 5.82 Å². The lowest BCUT2D eigenvalue weighted by molar-refractivity contribution is -0.0583. The third-order valence-electron chi connectivity index (χ3n) is 3.60. The molecule has 0 spiro atoms. The van der Waals surface area contributed by atoms with Gasteiger partial charge in [-0.2, -0.15) is 0 Å². The summed E-state index contributed by atoms with van der Waals surface area (Å²) in [5.74, 6) is -0.284. The van der Waals surface area contributed by atoms with E-state index >= 15 is 0 Å². The van der Waals surface area contributed by atoms with Gasteiger partial charge in [-0.1, -0.05) is 12.1 Å². The van der Waals surface area contributed by atoms with Crippen molar-refractivity contribution in [1.29, 1.82) is 0 Å². The second kappa shape index (κ2) is 4.94. The molecule has 1 fully saturated rings. The average molecular weight is 253 g/mol. The predicted molar refractivity (Wildman–Crippen MR) is 63.9 cm³/mol. The van der Waals surface area contributed by atoms with Crippen molar-refractivity contribution < 1.29 is 19.0 Å². The molecule has 1 N–H and O–H groups in total. The van der Waals surface area contributed by atoms with Gasteiger partial charge in [-0.3, -0.25) is 0 Å². The molecule has 4 nitrogen and oxygen atoms in total. The van der Waals surface area contributed by atoms with Crippen LogP contribution in [-0.2, 0) is 10.3 Å². The molecule has 5 heteroatoms. The lowest BCUT2D eigenvalue weighted by Gasteiger charge is -2.40. The Morgan fingerprint density at radius 2 is 1.89 bits per heavy atom. The molecule has 0 atom stereocenters. The molecule has 1 heterocycles. The fraction of sp³-hybridized carbons (Fsp3) is 0.462. The molecule has 1 aliphatic rings. The Morgan fingerprint density at radius 3 is 2.33 bits per heavy atom. The SMILES string of the molecule is COC1(c2ccc(F)cc2)CCN(C(=O)O)CC1. The van der Waals surface area contributed by atoms with Crippen molar-refractivity contribution >= 4 is 6.09 Å².